The first-order valence-electron chi connectivity index (χ1n) is 5.60. The molecule has 1 aromatic rings. The Balaban J connectivity index is 2.21. The topological polar surface area (TPSA) is 15.3 Å². The molecule has 16 heavy (non-hydrogen) atoms. The third kappa shape index (κ3) is 2.85. The average Bonchev–Trinajstić information content (AvgIpc) is 2.43. The molecular formula is C12H16FIN2. The van der Waals surface area contributed by atoms with Gasteiger partial charge in [0.1, 0.15) is 5.82 Å². The van der Waals surface area contributed by atoms with E-state index in [1.807, 2.05) is 6.07 Å². The predicted octanol–water partition coefficient (Wildman–Crippen LogP) is 2.62. The highest BCUT2D eigenvalue weighted by Gasteiger charge is 2.16. The lowest BCUT2D eigenvalue weighted by atomic mass is 10.2. The molecule has 2 rings (SSSR count). The summed E-state index contributed by atoms with van der Waals surface area (Å²) in [4.78, 5) is 2.34. The molecule has 0 radical (unpaired) electrons. The molecular weight excluding hydrogens is 318 g/mol. The predicted molar refractivity (Wildman–Crippen MR) is 73.4 cm³/mol. The van der Waals surface area contributed by atoms with Crippen molar-refractivity contribution in [2.75, 3.05) is 24.5 Å². The van der Waals surface area contributed by atoms with E-state index in [9.17, 15) is 4.39 Å². The number of benzene rings is 1. The van der Waals surface area contributed by atoms with Crippen LogP contribution in [0.5, 0.6) is 0 Å². The molecule has 0 bridgehead atoms. The highest BCUT2D eigenvalue weighted by molar-refractivity contribution is 14.1. The lowest BCUT2D eigenvalue weighted by Gasteiger charge is -2.25. The van der Waals surface area contributed by atoms with Gasteiger partial charge >= 0.3 is 0 Å². The van der Waals surface area contributed by atoms with E-state index < -0.39 is 0 Å². The first kappa shape index (κ1) is 12.1. The van der Waals surface area contributed by atoms with Crippen molar-refractivity contribution >= 4 is 28.3 Å². The van der Waals surface area contributed by atoms with Crippen molar-refractivity contribution in [2.45, 2.75) is 19.4 Å². The number of nitrogens with zero attached hydrogens (tertiary/aromatic N) is 1. The highest BCUT2D eigenvalue weighted by Crippen LogP contribution is 2.24. The van der Waals surface area contributed by atoms with Gasteiger partial charge in [0.05, 0.1) is 5.69 Å². The molecule has 4 heteroatoms. The molecule has 1 aromatic carbocycles. The number of halogens is 2. The van der Waals surface area contributed by atoms with Crippen LogP contribution in [-0.2, 0) is 0 Å². The maximum absolute atomic E-state index is 13.0. The molecule has 0 spiro atoms. The van der Waals surface area contributed by atoms with Crippen LogP contribution in [0, 0.1) is 9.39 Å². The standard InChI is InChI=1S/C12H16FIN2/c1-9-8-16(6-2-5-15-9)12-4-3-10(13)7-11(12)14/h3-4,7,9,15H,2,5-6,8H2,1H3. The summed E-state index contributed by atoms with van der Waals surface area (Å²) in [7, 11) is 0. The fourth-order valence-corrected chi connectivity index (χ4v) is 2.88. The minimum atomic E-state index is -0.158. The lowest BCUT2D eigenvalue weighted by molar-refractivity contribution is 0.584. The molecule has 1 atom stereocenters. The molecule has 1 fully saturated rings. The molecule has 88 valence electrons. The van der Waals surface area contributed by atoms with Gasteiger partial charge < -0.3 is 10.2 Å². The second-order valence-corrected chi connectivity index (χ2v) is 5.41. The SMILES string of the molecule is CC1CN(c2ccc(F)cc2I)CCCN1. The van der Waals surface area contributed by atoms with Crippen molar-refractivity contribution in [3.63, 3.8) is 0 Å². The van der Waals surface area contributed by atoms with Crippen molar-refractivity contribution in [1.82, 2.24) is 5.32 Å². The van der Waals surface area contributed by atoms with Crippen molar-refractivity contribution in [3.8, 4) is 0 Å². The Hall–Kier alpha value is -0.360. The summed E-state index contributed by atoms with van der Waals surface area (Å²) in [5.74, 6) is -0.158. The summed E-state index contributed by atoms with van der Waals surface area (Å²) in [6.45, 7) is 5.28. The van der Waals surface area contributed by atoms with Gasteiger partial charge in [-0.25, -0.2) is 4.39 Å². The van der Waals surface area contributed by atoms with Crippen LogP contribution in [0.15, 0.2) is 18.2 Å². The first-order chi connectivity index (χ1) is 7.66. The quantitative estimate of drug-likeness (QED) is 0.795. The molecule has 0 saturated carbocycles. The van der Waals surface area contributed by atoms with E-state index in [4.69, 9.17) is 0 Å². The second-order valence-electron chi connectivity index (χ2n) is 4.25. The number of rotatable bonds is 1. The summed E-state index contributed by atoms with van der Waals surface area (Å²) in [6.07, 6.45) is 1.14. The first-order valence-corrected chi connectivity index (χ1v) is 6.68. The van der Waals surface area contributed by atoms with E-state index in [1.165, 1.54) is 0 Å². The molecule has 1 saturated heterocycles. The van der Waals surface area contributed by atoms with Gasteiger partial charge in [-0.15, -0.1) is 0 Å². The Morgan fingerprint density at radius 1 is 1.50 bits per heavy atom. The zero-order valence-electron chi connectivity index (χ0n) is 9.34. The molecule has 2 nitrogen and oxygen atoms in total. The zero-order valence-corrected chi connectivity index (χ0v) is 11.5. The number of hydrogen-bond acceptors (Lipinski definition) is 2. The van der Waals surface area contributed by atoms with Crippen LogP contribution in [0.2, 0.25) is 0 Å². The maximum Gasteiger partial charge on any atom is 0.124 e. The van der Waals surface area contributed by atoms with Crippen LogP contribution >= 0.6 is 22.6 Å². The number of nitrogens with one attached hydrogen (secondary N) is 1. The number of anilines is 1. The van der Waals surface area contributed by atoms with E-state index >= 15 is 0 Å². The van der Waals surface area contributed by atoms with Crippen LogP contribution in [0.3, 0.4) is 0 Å². The Bertz CT molecular complexity index is 370. The summed E-state index contributed by atoms with van der Waals surface area (Å²) in [6, 6.07) is 5.51. The van der Waals surface area contributed by atoms with E-state index in [-0.39, 0.29) is 5.82 Å². The highest BCUT2D eigenvalue weighted by atomic mass is 127. The third-order valence-corrected chi connectivity index (χ3v) is 3.71. The van der Waals surface area contributed by atoms with Gasteiger partial charge in [0.15, 0.2) is 0 Å². The van der Waals surface area contributed by atoms with E-state index in [0.29, 0.717) is 6.04 Å². The minimum absolute atomic E-state index is 0.158. The summed E-state index contributed by atoms with van der Waals surface area (Å²) in [5, 5.41) is 3.46. The monoisotopic (exact) mass is 334 g/mol. The average molecular weight is 334 g/mol. The summed E-state index contributed by atoms with van der Waals surface area (Å²) >= 11 is 2.21. The van der Waals surface area contributed by atoms with Gasteiger partial charge in [0.2, 0.25) is 0 Å². The molecule has 0 aliphatic carbocycles. The van der Waals surface area contributed by atoms with Crippen LogP contribution in [0.1, 0.15) is 13.3 Å². The zero-order chi connectivity index (χ0) is 11.5. The van der Waals surface area contributed by atoms with E-state index in [1.54, 1.807) is 12.1 Å². The van der Waals surface area contributed by atoms with Crippen molar-refractivity contribution < 1.29 is 4.39 Å². The van der Waals surface area contributed by atoms with E-state index in [2.05, 4.69) is 39.7 Å². The van der Waals surface area contributed by atoms with E-state index in [0.717, 1.165) is 35.3 Å². The molecule has 1 aliphatic rings. The second kappa shape index (κ2) is 5.31. The summed E-state index contributed by atoms with van der Waals surface area (Å²) in [5.41, 5.74) is 1.15. The molecule has 1 unspecified atom stereocenters. The lowest BCUT2D eigenvalue weighted by Crippen LogP contribution is -2.35. The van der Waals surface area contributed by atoms with Crippen LogP contribution in [0.4, 0.5) is 10.1 Å². The van der Waals surface area contributed by atoms with Gasteiger partial charge in [0, 0.05) is 22.7 Å². The molecule has 1 N–H and O–H groups in total. The van der Waals surface area contributed by atoms with Crippen LogP contribution in [-0.4, -0.2) is 25.7 Å². The van der Waals surface area contributed by atoms with Gasteiger partial charge in [-0.2, -0.15) is 0 Å². The van der Waals surface area contributed by atoms with Gasteiger partial charge in [0.25, 0.3) is 0 Å². The van der Waals surface area contributed by atoms with Gasteiger partial charge in [-0.3, -0.25) is 0 Å². The van der Waals surface area contributed by atoms with Gasteiger partial charge in [-0.05, 0) is 60.7 Å². The van der Waals surface area contributed by atoms with Crippen molar-refractivity contribution in [3.05, 3.63) is 27.6 Å². The molecule has 0 amide bonds. The third-order valence-electron chi connectivity index (χ3n) is 2.84. The largest absolute Gasteiger partial charge is 0.369 e. The van der Waals surface area contributed by atoms with Crippen molar-refractivity contribution in [2.24, 2.45) is 0 Å². The smallest absolute Gasteiger partial charge is 0.124 e. The summed E-state index contributed by atoms with van der Waals surface area (Å²) < 4.78 is 14.0. The number of hydrogen-bond donors (Lipinski definition) is 1. The van der Waals surface area contributed by atoms with Crippen molar-refractivity contribution in [1.29, 1.82) is 0 Å². The Morgan fingerprint density at radius 2 is 2.31 bits per heavy atom. The molecule has 1 heterocycles. The minimum Gasteiger partial charge on any atom is -0.369 e. The van der Waals surface area contributed by atoms with Crippen LogP contribution in [0.25, 0.3) is 0 Å². The van der Waals surface area contributed by atoms with Crippen LogP contribution < -0.4 is 10.2 Å². The Kier molecular flexibility index (Phi) is 4.02. The maximum atomic E-state index is 13.0. The Morgan fingerprint density at radius 3 is 3.06 bits per heavy atom. The molecule has 1 aliphatic heterocycles. The Labute approximate surface area is 109 Å². The molecule has 0 aromatic heterocycles. The fraction of sp³-hybridized carbons (Fsp3) is 0.500. The normalized spacial score (nSPS) is 21.9. The van der Waals surface area contributed by atoms with Gasteiger partial charge in [-0.1, -0.05) is 0 Å². The fourth-order valence-electron chi connectivity index (χ4n) is 2.06.